The third kappa shape index (κ3) is 4.01. The molecule has 0 atom stereocenters. The lowest BCUT2D eigenvalue weighted by Crippen LogP contribution is -2.56. The molecule has 0 radical (unpaired) electrons. The molecule has 0 aliphatic carbocycles. The standard InChI is InChI=1S/C16H15Cl2NO4S2/c17-13-4-6-15(7-5-13)25(22,23)16-9-19(10-16)24(20,21)11-12-2-1-3-14(18)8-12/h1-8,16H,9-11H2. The van der Waals surface area contributed by atoms with Crippen LogP contribution in [0.1, 0.15) is 5.56 Å². The van der Waals surface area contributed by atoms with Crippen molar-refractivity contribution in [3.8, 4) is 0 Å². The molecule has 5 nitrogen and oxygen atoms in total. The second-order valence-corrected chi connectivity index (χ2v) is 10.9. The van der Waals surface area contributed by atoms with E-state index in [1.165, 1.54) is 28.6 Å². The number of halogens is 2. The second kappa shape index (κ2) is 6.89. The van der Waals surface area contributed by atoms with Crippen molar-refractivity contribution in [1.29, 1.82) is 0 Å². The first kappa shape index (κ1) is 18.7. The summed E-state index contributed by atoms with van der Waals surface area (Å²) in [6.07, 6.45) is 0. The average molecular weight is 420 g/mol. The molecule has 1 aliphatic heterocycles. The van der Waals surface area contributed by atoms with Gasteiger partial charge >= 0.3 is 0 Å². The predicted octanol–water partition coefficient (Wildman–Crippen LogP) is 2.98. The average Bonchev–Trinajstić information content (AvgIpc) is 2.44. The fourth-order valence-corrected chi connectivity index (χ4v) is 6.35. The maximum Gasteiger partial charge on any atom is 0.218 e. The van der Waals surface area contributed by atoms with Crippen LogP contribution in [0, 0.1) is 0 Å². The topological polar surface area (TPSA) is 71.5 Å². The van der Waals surface area contributed by atoms with E-state index < -0.39 is 25.1 Å². The van der Waals surface area contributed by atoms with Crippen molar-refractivity contribution in [2.45, 2.75) is 15.9 Å². The van der Waals surface area contributed by atoms with Gasteiger partial charge in [0, 0.05) is 23.1 Å². The maximum atomic E-state index is 12.5. The van der Waals surface area contributed by atoms with Gasteiger partial charge in [-0.15, -0.1) is 0 Å². The highest BCUT2D eigenvalue weighted by Crippen LogP contribution is 2.28. The van der Waals surface area contributed by atoms with Crippen LogP contribution in [0.3, 0.4) is 0 Å². The van der Waals surface area contributed by atoms with Crippen molar-refractivity contribution in [3.63, 3.8) is 0 Å². The summed E-state index contributed by atoms with van der Waals surface area (Å²) in [5, 5.41) is 0.153. The molecule has 1 aliphatic rings. The minimum Gasteiger partial charge on any atom is -0.223 e. The Morgan fingerprint density at radius 1 is 0.920 bits per heavy atom. The molecular formula is C16H15Cl2NO4S2. The first-order valence-corrected chi connectivity index (χ1v) is 11.3. The molecule has 0 N–H and O–H groups in total. The van der Waals surface area contributed by atoms with Crippen LogP contribution in [0.2, 0.25) is 10.0 Å². The molecule has 0 unspecified atom stereocenters. The molecule has 0 saturated carbocycles. The quantitative estimate of drug-likeness (QED) is 0.746. The summed E-state index contributed by atoms with van der Waals surface area (Å²) < 4.78 is 51.1. The van der Waals surface area contributed by atoms with Crippen molar-refractivity contribution in [1.82, 2.24) is 4.31 Å². The molecule has 0 bridgehead atoms. The predicted molar refractivity (Wildman–Crippen MR) is 98.1 cm³/mol. The Morgan fingerprint density at radius 2 is 1.56 bits per heavy atom. The van der Waals surface area contributed by atoms with Gasteiger partial charge in [-0.25, -0.2) is 16.8 Å². The van der Waals surface area contributed by atoms with Gasteiger partial charge in [-0.1, -0.05) is 35.3 Å². The van der Waals surface area contributed by atoms with Crippen LogP contribution in [0.5, 0.6) is 0 Å². The van der Waals surface area contributed by atoms with Crippen LogP contribution < -0.4 is 0 Å². The first-order chi connectivity index (χ1) is 11.7. The van der Waals surface area contributed by atoms with Gasteiger partial charge in [0.15, 0.2) is 9.84 Å². The largest absolute Gasteiger partial charge is 0.223 e. The van der Waals surface area contributed by atoms with Crippen molar-refractivity contribution in [2.75, 3.05) is 13.1 Å². The fourth-order valence-electron chi connectivity index (χ4n) is 2.57. The van der Waals surface area contributed by atoms with Gasteiger partial charge < -0.3 is 0 Å². The molecule has 2 aromatic rings. The van der Waals surface area contributed by atoms with Gasteiger partial charge in [0.05, 0.1) is 15.9 Å². The van der Waals surface area contributed by atoms with Crippen LogP contribution in [0.25, 0.3) is 0 Å². The van der Waals surface area contributed by atoms with E-state index in [9.17, 15) is 16.8 Å². The molecular weight excluding hydrogens is 405 g/mol. The molecule has 1 saturated heterocycles. The highest BCUT2D eigenvalue weighted by Gasteiger charge is 2.43. The molecule has 0 aromatic heterocycles. The molecule has 2 aromatic carbocycles. The zero-order valence-corrected chi connectivity index (χ0v) is 16.1. The van der Waals surface area contributed by atoms with Gasteiger partial charge in [0.25, 0.3) is 0 Å². The Labute approximate surface area is 157 Å². The van der Waals surface area contributed by atoms with Gasteiger partial charge in [0.1, 0.15) is 0 Å². The number of hydrogen-bond acceptors (Lipinski definition) is 4. The van der Waals surface area contributed by atoms with E-state index in [0.29, 0.717) is 15.6 Å². The smallest absolute Gasteiger partial charge is 0.218 e. The van der Waals surface area contributed by atoms with Gasteiger partial charge in [-0.2, -0.15) is 4.31 Å². The van der Waals surface area contributed by atoms with Gasteiger partial charge in [-0.3, -0.25) is 0 Å². The SMILES string of the molecule is O=S(=O)(c1ccc(Cl)cc1)C1CN(S(=O)(=O)Cc2cccc(Cl)c2)C1. The van der Waals surface area contributed by atoms with E-state index in [1.54, 1.807) is 24.3 Å². The molecule has 134 valence electrons. The van der Waals surface area contributed by atoms with Crippen LogP contribution in [-0.2, 0) is 25.6 Å². The number of nitrogens with zero attached hydrogens (tertiary/aromatic N) is 1. The van der Waals surface area contributed by atoms with E-state index in [2.05, 4.69) is 0 Å². The summed E-state index contributed by atoms with van der Waals surface area (Å²) in [5.74, 6) is -0.207. The van der Waals surface area contributed by atoms with Gasteiger partial charge in [0.2, 0.25) is 10.0 Å². The normalized spacial score (nSPS) is 16.6. The maximum absolute atomic E-state index is 12.5. The molecule has 25 heavy (non-hydrogen) atoms. The third-order valence-corrected chi connectivity index (χ3v) is 8.40. The molecule has 3 rings (SSSR count). The Bertz CT molecular complexity index is 983. The van der Waals surface area contributed by atoms with Crippen molar-refractivity contribution < 1.29 is 16.8 Å². The second-order valence-electron chi connectivity index (χ2n) is 5.82. The van der Waals surface area contributed by atoms with E-state index in [4.69, 9.17) is 23.2 Å². The monoisotopic (exact) mass is 419 g/mol. The first-order valence-electron chi connectivity index (χ1n) is 7.40. The minimum absolute atomic E-state index is 0.0478. The number of sulfonamides is 1. The Balaban J connectivity index is 1.69. The Kier molecular flexibility index (Phi) is 5.14. The summed E-state index contributed by atoms with van der Waals surface area (Å²) in [6.45, 7) is -0.0955. The third-order valence-electron chi connectivity index (χ3n) is 4.03. The lowest BCUT2D eigenvalue weighted by molar-refractivity contribution is 0.309. The number of sulfone groups is 1. The zero-order chi connectivity index (χ0) is 18.2. The fraction of sp³-hybridized carbons (Fsp3) is 0.250. The number of hydrogen-bond donors (Lipinski definition) is 0. The van der Waals surface area contributed by atoms with Crippen LogP contribution in [-0.4, -0.2) is 39.5 Å². The van der Waals surface area contributed by atoms with Crippen molar-refractivity contribution >= 4 is 43.1 Å². The lowest BCUT2D eigenvalue weighted by atomic mass is 10.2. The van der Waals surface area contributed by atoms with Crippen LogP contribution in [0.15, 0.2) is 53.4 Å². The minimum atomic E-state index is -3.59. The Morgan fingerprint density at radius 3 is 2.16 bits per heavy atom. The van der Waals surface area contributed by atoms with Crippen LogP contribution in [0.4, 0.5) is 0 Å². The van der Waals surface area contributed by atoms with Crippen LogP contribution >= 0.6 is 23.2 Å². The Hall–Kier alpha value is -1.12. The molecule has 1 heterocycles. The number of rotatable bonds is 5. The van der Waals surface area contributed by atoms with Crippen molar-refractivity contribution in [2.24, 2.45) is 0 Å². The molecule has 1 fully saturated rings. The van der Waals surface area contributed by atoms with E-state index in [-0.39, 0.29) is 23.7 Å². The summed E-state index contributed by atoms with van der Waals surface area (Å²) >= 11 is 11.6. The van der Waals surface area contributed by atoms with E-state index in [1.807, 2.05) is 0 Å². The summed E-state index contributed by atoms with van der Waals surface area (Å²) in [6, 6.07) is 12.5. The highest BCUT2D eigenvalue weighted by atomic mass is 35.5. The number of benzene rings is 2. The molecule has 0 amide bonds. The summed E-state index contributed by atoms with van der Waals surface area (Å²) in [4.78, 5) is 0.147. The lowest BCUT2D eigenvalue weighted by Gasteiger charge is -2.37. The van der Waals surface area contributed by atoms with Crippen molar-refractivity contribution in [3.05, 3.63) is 64.1 Å². The molecule has 0 spiro atoms. The zero-order valence-electron chi connectivity index (χ0n) is 13.0. The summed E-state index contributed by atoms with van der Waals surface area (Å²) in [7, 11) is -7.16. The van der Waals surface area contributed by atoms with Gasteiger partial charge in [-0.05, 0) is 42.0 Å². The van der Waals surface area contributed by atoms with E-state index in [0.717, 1.165) is 0 Å². The molecule has 9 heteroatoms. The summed E-state index contributed by atoms with van der Waals surface area (Å²) in [5.41, 5.74) is 0.566. The van der Waals surface area contributed by atoms with E-state index >= 15 is 0 Å². The highest BCUT2D eigenvalue weighted by molar-refractivity contribution is 7.92.